The molecule has 0 aliphatic carbocycles. The molecule has 126 valence electrons. The van der Waals surface area contributed by atoms with Crippen LogP contribution in [0.15, 0.2) is 54.6 Å². The third kappa shape index (κ3) is 3.67. The zero-order chi connectivity index (χ0) is 16.9. The fourth-order valence-electron chi connectivity index (χ4n) is 2.96. The van der Waals surface area contributed by atoms with Gasteiger partial charge in [0.25, 0.3) is 0 Å². The Morgan fingerprint density at radius 2 is 1.62 bits per heavy atom. The van der Waals surface area contributed by atoms with E-state index in [4.69, 9.17) is 0 Å². The Bertz CT molecular complexity index is 684. The summed E-state index contributed by atoms with van der Waals surface area (Å²) in [5, 5.41) is 3.03. The molecule has 2 amide bonds. The van der Waals surface area contributed by atoms with Gasteiger partial charge in [-0.2, -0.15) is 0 Å². The van der Waals surface area contributed by atoms with Crippen molar-refractivity contribution in [2.75, 3.05) is 31.1 Å². The van der Waals surface area contributed by atoms with E-state index in [0.717, 1.165) is 5.56 Å². The summed E-state index contributed by atoms with van der Waals surface area (Å²) in [6.07, 6.45) is 0. The molecule has 1 fully saturated rings. The fraction of sp³-hybridized carbons (Fsp3) is 0.316. The van der Waals surface area contributed by atoms with Crippen molar-refractivity contribution < 1.29 is 9.18 Å². The third-order valence-corrected chi connectivity index (χ3v) is 4.40. The molecule has 2 aromatic rings. The van der Waals surface area contributed by atoms with Crippen molar-refractivity contribution in [1.29, 1.82) is 0 Å². The summed E-state index contributed by atoms with van der Waals surface area (Å²) in [7, 11) is 0. The van der Waals surface area contributed by atoms with Crippen LogP contribution in [0, 0.1) is 5.82 Å². The Labute approximate surface area is 141 Å². The SMILES string of the molecule is CC(NC(=O)N1CCN(c2ccccc2F)CC1)c1ccccc1. The van der Waals surface area contributed by atoms with Crippen molar-refractivity contribution in [3.05, 3.63) is 66.0 Å². The maximum atomic E-state index is 13.9. The van der Waals surface area contributed by atoms with Crippen LogP contribution in [0.25, 0.3) is 0 Å². The van der Waals surface area contributed by atoms with Crippen LogP contribution in [0.4, 0.5) is 14.9 Å². The summed E-state index contributed by atoms with van der Waals surface area (Å²) in [4.78, 5) is 16.2. The zero-order valence-electron chi connectivity index (χ0n) is 13.8. The van der Waals surface area contributed by atoms with Crippen LogP contribution in [-0.2, 0) is 0 Å². The first kappa shape index (κ1) is 16.3. The molecular weight excluding hydrogens is 305 g/mol. The van der Waals surface area contributed by atoms with Gasteiger partial charge < -0.3 is 15.1 Å². The number of rotatable bonds is 3. The summed E-state index contributed by atoms with van der Waals surface area (Å²) >= 11 is 0. The number of para-hydroxylation sites is 1. The van der Waals surface area contributed by atoms with Crippen molar-refractivity contribution >= 4 is 11.7 Å². The number of amides is 2. The highest BCUT2D eigenvalue weighted by atomic mass is 19.1. The van der Waals surface area contributed by atoms with Gasteiger partial charge in [-0.3, -0.25) is 0 Å². The lowest BCUT2D eigenvalue weighted by atomic mass is 10.1. The van der Waals surface area contributed by atoms with Gasteiger partial charge in [-0.05, 0) is 24.6 Å². The van der Waals surface area contributed by atoms with Crippen molar-refractivity contribution in [2.45, 2.75) is 13.0 Å². The number of anilines is 1. The summed E-state index contributed by atoms with van der Waals surface area (Å²) in [6.45, 7) is 4.41. The molecule has 1 aliphatic rings. The summed E-state index contributed by atoms with van der Waals surface area (Å²) in [5.74, 6) is -0.215. The molecule has 0 bridgehead atoms. The zero-order valence-corrected chi connectivity index (χ0v) is 13.8. The van der Waals surface area contributed by atoms with E-state index in [9.17, 15) is 9.18 Å². The molecule has 3 rings (SSSR count). The Morgan fingerprint density at radius 1 is 1.00 bits per heavy atom. The van der Waals surface area contributed by atoms with Crippen LogP contribution in [0.5, 0.6) is 0 Å². The second-order valence-electron chi connectivity index (χ2n) is 6.01. The van der Waals surface area contributed by atoms with Crippen LogP contribution in [0.2, 0.25) is 0 Å². The van der Waals surface area contributed by atoms with Gasteiger partial charge in [-0.25, -0.2) is 9.18 Å². The molecular formula is C19H22FN3O. The minimum Gasteiger partial charge on any atom is -0.366 e. The van der Waals surface area contributed by atoms with Crippen molar-refractivity contribution in [3.63, 3.8) is 0 Å². The number of benzene rings is 2. The third-order valence-electron chi connectivity index (χ3n) is 4.40. The van der Waals surface area contributed by atoms with E-state index in [0.29, 0.717) is 31.9 Å². The topological polar surface area (TPSA) is 35.6 Å². The van der Waals surface area contributed by atoms with E-state index in [-0.39, 0.29) is 17.9 Å². The van der Waals surface area contributed by atoms with Crippen LogP contribution >= 0.6 is 0 Å². The number of urea groups is 1. The van der Waals surface area contributed by atoms with Gasteiger partial charge in [0, 0.05) is 26.2 Å². The molecule has 1 saturated heterocycles. The second kappa shape index (κ2) is 7.34. The van der Waals surface area contributed by atoms with Crippen LogP contribution in [-0.4, -0.2) is 37.1 Å². The molecule has 0 saturated carbocycles. The molecule has 4 nitrogen and oxygen atoms in total. The van der Waals surface area contributed by atoms with E-state index < -0.39 is 0 Å². The molecule has 0 aromatic heterocycles. The number of carbonyl (C=O) groups is 1. The Morgan fingerprint density at radius 3 is 2.29 bits per heavy atom. The number of piperazine rings is 1. The molecule has 5 heteroatoms. The molecule has 0 radical (unpaired) electrons. The van der Waals surface area contributed by atoms with Gasteiger partial charge in [0.2, 0.25) is 0 Å². The molecule has 2 aromatic carbocycles. The maximum Gasteiger partial charge on any atom is 0.317 e. The summed E-state index contributed by atoms with van der Waals surface area (Å²) in [5.41, 5.74) is 1.69. The van der Waals surface area contributed by atoms with Crippen LogP contribution in [0.1, 0.15) is 18.5 Å². The number of nitrogens with one attached hydrogen (secondary N) is 1. The van der Waals surface area contributed by atoms with Gasteiger partial charge >= 0.3 is 6.03 Å². The lowest BCUT2D eigenvalue weighted by Crippen LogP contribution is -2.52. The molecule has 1 N–H and O–H groups in total. The highest BCUT2D eigenvalue weighted by molar-refractivity contribution is 5.75. The largest absolute Gasteiger partial charge is 0.366 e. The molecule has 1 aliphatic heterocycles. The molecule has 0 spiro atoms. The molecule has 1 heterocycles. The minimum atomic E-state index is -0.215. The summed E-state index contributed by atoms with van der Waals surface area (Å²) in [6, 6.07) is 16.5. The number of hydrogen-bond acceptors (Lipinski definition) is 2. The predicted molar refractivity (Wildman–Crippen MR) is 93.6 cm³/mol. The van der Waals surface area contributed by atoms with E-state index in [2.05, 4.69) is 5.32 Å². The van der Waals surface area contributed by atoms with Crippen molar-refractivity contribution in [3.8, 4) is 0 Å². The van der Waals surface area contributed by atoms with Crippen LogP contribution < -0.4 is 10.2 Å². The van der Waals surface area contributed by atoms with Crippen LogP contribution in [0.3, 0.4) is 0 Å². The Balaban J connectivity index is 1.55. The number of nitrogens with zero attached hydrogens (tertiary/aromatic N) is 2. The van der Waals surface area contributed by atoms with E-state index in [1.807, 2.05) is 48.2 Å². The molecule has 24 heavy (non-hydrogen) atoms. The van der Waals surface area contributed by atoms with E-state index in [1.165, 1.54) is 6.07 Å². The fourth-order valence-corrected chi connectivity index (χ4v) is 2.96. The first-order valence-electron chi connectivity index (χ1n) is 8.25. The van der Waals surface area contributed by atoms with Gasteiger partial charge in [0.15, 0.2) is 0 Å². The first-order chi connectivity index (χ1) is 11.6. The predicted octanol–water partition coefficient (Wildman–Crippen LogP) is 3.42. The average Bonchev–Trinajstić information content (AvgIpc) is 2.63. The average molecular weight is 327 g/mol. The maximum absolute atomic E-state index is 13.9. The summed E-state index contributed by atoms with van der Waals surface area (Å²) < 4.78 is 13.9. The quantitative estimate of drug-likeness (QED) is 0.937. The number of halogens is 1. The first-order valence-corrected chi connectivity index (χ1v) is 8.25. The standard InChI is InChI=1S/C19H22FN3O/c1-15(16-7-3-2-4-8-16)21-19(24)23-13-11-22(12-14-23)18-10-6-5-9-17(18)20/h2-10,15H,11-14H2,1H3,(H,21,24). The molecule has 1 atom stereocenters. The highest BCUT2D eigenvalue weighted by Crippen LogP contribution is 2.20. The second-order valence-corrected chi connectivity index (χ2v) is 6.01. The Kier molecular flexibility index (Phi) is 4.99. The lowest BCUT2D eigenvalue weighted by molar-refractivity contribution is 0.191. The molecule has 1 unspecified atom stereocenters. The van der Waals surface area contributed by atoms with Gasteiger partial charge in [-0.1, -0.05) is 42.5 Å². The highest BCUT2D eigenvalue weighted by Gasteiger charge is 2.23. The van der Waals surface area contributed by atoms with Crippen molar-refractivity contribution in [1.82, 2.24) is 10.2 Å². The number of carbonyl (C=O) groups excluding carboxylic acids is 1. The smallest absolute Gasteiger partial charge is 0.317 e. The van der Waals surface area contributed by atoms with E-state index >= 15 is 0 Å². The number of hydrogen-bond donors (Lipinski definition) is 1. The normalized spacial score (nSPS) is 15.9. The van der Waals surface area contributed by atoms with Gasteiger partial charge in [0.1, 0.15) is 5.82 Å². The van der Waals surface area contributed by atoms with E-state index in [1.54, 1.807) is 17.0 Å². The Hall–Kier alpha value is -2.56. The van der Waals surface area contributed by atoms with Crippen molar-refractivity contribution in [2.24, 2.45) is 0 Å². The lowest BCUT2D eigenvalue weighted by Gasteiger charge is -2.36. The minimum absolute atomic E-state index is 0.0386. The van der Waals surface area contributed by atoms with Gasteiger partial charge in [-0.15, -0.1) is 0 Å². The van der Waals surface area contributed by atoms with Gasteiger partial charge in [0.05, 0.1) is 11.7 Å². The monoisotopic (exact) mass is 327 g/mol.